The van der Waals surface area contributed by atoms with Crippen LogP contribution in [0.1, 0.15) is 49.7 Å². The van der Waals surface area contributed by atoms with Crippen LogP contribution in [-0.4, -0.2) is 4.32 Å². The molecule has 1 aromatic carbocycles. The van der Waals surface area contributed by atoms with E-state index in [0.29, 0.717) is 9.74 Å². The van der Waals surface area contributed by atoms with Gasteiger partial charge in [0, 0.05) is 4.32 Å². The van der Waals surface area contributed by atoms with Crippen molar-refractivity contribution in [3.8, 4) is 0 Å². The van der Waals surface area contributed by atoms with Crippen molar-refractivity contribution in [3.63, 3.8) is 0 Å². The Morgan fingerprint density at radius 1 is 0.875 bits per heavy atom. The fraction of sp³-hybridized carbons (Fsp3) is 0.600. The highest BCUT2D eigenvalue weighted by Gasteiger charge is 2.47. The molecule has 0 unspecified atom stereocenters. The number of benzene rings is 1. The molecule has 86 valence electrons. The quantitative estimate of drug-likeness (QED) is 0.652. The van der Waals surface area contributed by atoms with Crippen molar-refractivity contribution in [2.45, 2.75) is 55.2 Å². The van der Waals surface area contributed by atoms with E-state index in [9.17, 15) is 0 Å². The van der Waals surface area contributed by atoms with Crippen molar-refractivity contribution in [3.05, 3.63) is 35.4 Å². The molecule has 0 radical (unpaired) electrons. The average Bonchev–Trinajstić information content (AvgIpc) is 2.31. The second-order valence-electron chi connectivity index (χ2n) is 5.80. The summed E-state index contributed by atoms with van der Waals surface area (Å²) < 4.78 is 0.499. The van der Waals surface area contributed by atoms with Gasteiger partial charge >= 0.3 is 0 Å². The Bertz CT molecular complexity index is 366. The summed E-state index contributed by atoms with van der Waals surface area (Å²) in [5.41, 5.74) is 3.48. The number of aryl methyl sites for hydroxylation is 1. The van der Waals surface area contributed by atoms with Gasteiger partial charge in [-0.1, -0.05) is 45.8 Å². The third kappa shape index (κ3) is 1.64. The summed E-state index contributed by atoms with van der Waals surface area (Å²) in [5, 5.41) is 0. The standard InChI is InChI=1S/C15H19Br/c1-12-2-4-13(5-3-12)14-6-9-15(16,10-7-14)11-8-14/h2-5H,6-11H2,1H3. The number of hydrogen-bond donors (Lipinski definition) is 0. The summed E-state index contributed by atoms with van der Waals surface area (Å²) in [6, 6.07) is 9.27. The second kappa shape index (κ2) is 3.60. The van der Waals surface area contributed by atoms with Gasteiger partial charge in [-0.15, -0.1) is 0 Å². The van der Waals surface area contributed by atoms with E-state index in [0.717, 1.165) is 0 Å². The van der Waals surface area contributed by atoms with Crippen LogP contribution in [0.3, 0.4) is 0 Å². The number of alkyl halides is 1. The van der Waals surface area contributed by atoms with Gasteiger partial charge in [-0.25, -0.2) is 0 Å². The van der Waals surface area contributed by atoms with Gasteiger partial charge in [-0.05, 0) is 56.4 Å². The molecule has 3 aliphatic carbocycles. The molecule has 0 amide bonds. The molecule has 3 aliphatic rings. The Labute approximate surface area is 107 Å². The van der Waals surface area contributed by atoms with Gasteiger partial charge in [0.2, 0.25) is 0 Å². The number of halogens is 1. The smallest absolute Gasteiger partial charge is 0.0259 e. The van der Waals surface area contributed by atoms with E-state index in [2.05, 4.69) is 47.1 Å². The molecular formula is C15H19Br. The lowest BCUT2D eigenvalue weighted by Gasteiger charge is -2.51. The third-order valence-electron chi connectivity index (χ3n) is 4.82. The van der Waals surface area contributed by atoms with Crippen molar-refractivity contribution < 1.29 is 0 Å². The van der Waals surface area contributed by atoms with Gasteiger partial charge in [0.1, 0.15) is 0 Å². The molecule has 0 atom stereocenters. The Morgan fingerprint density at radius 2 is 1.38 bits per heavy atom. The minimum atomic E-state index is 0.499. The van der Waals surface area contributed by atoms with E-state index in [1.165, 1.54) is 44.1 Å². The SMILES string of the molecule is Cc1ccc(C23CCC(Br)(CC2)CC3)cc1. The van der Waals surface area contributed by atoms with Crippen molar-refractivity contribution >= 4 is 15.9 Å². The summed E-state index contributed by atoms with van der Waals surface area (Å²) in [7, 11) is 0. The highest BCUT2D eigenvalue weighted by Crippen LogP contribution is 2.56. The third-order valence-corrected chi connectivity index (χ3v) is 6.01. The van der Waals surface area contributed by atoms with Crippen LogP contribution in [0, 0.1) is 6.92 Å². The van der Waals surface area contributed by atoms with Gasteiger partial charge in [0.05, 0.1) is 0 Å². The lowest BCUT2D eigenvalue weighted by Crippen LogP contribution is -2.44. The minimum absolute atomic E-state index is 0.499. The van der Waals surface area contributed by atoms with E-state index >= 15 is 0 Å². The lowest BCUT2D eigenvalue weighted by molar-refractivity contribution is 0.162. The fourth-order valence-corrected chi connectivity index (χ4v) is 4.07. The summed E-state index contributed by atoms with van der Waals surface area (Å²) >= 11 is 3.94. The van der Waals surface area contributed by atoms with Crippen LogP contribution in [0.5, 0.6) is 0 Å². The first-order chi connectivity index (χ1) is 7.62. The summed E-state index contributed by atoms with van der Waals surface area (Å²) in [6.45, 7) is 2.17. The molecular weight excluding hydrogens is 260 g/mol. The zero-order chi connectivity index (χ0) is 11.2. The maximum Gasteiger partial charge on any atom is 0.0259 e. The van der Waals surface area contributed by atoms with Gasteiger partial charge in [-0.3, -0.25) is 0 Å². The van der Waals surface area contributed by atoms with Crippen molar-refractivity contribution in [1.82, 2.24) is 0 Å². The molecule has 1 heteroatoms. The molecule has 3 saturated carbocycles. The Kier molecular flexibility index (Phi) is 2.43. The van der Waals surface area contributed by atoms with Crippen LogP contribution in [-0.2, 0) is 5.41 Å². The second-order valence-corrected chi connectivity index (χ2v) is 7.48. The van der Waals surface area contributed by atoms with Gasteiger partial charge in [0.25, 0.3) is 0 Å². The van der Waals surface area contributed by atoms with Gasteiger partial charge in [0.15, 0.2) is 0 Å². The van der Waals surface area contributed by atoms with E-state index in [4.69, 9.17) is 0 Å². The molecule has 1 aromatic rings. The highest BCUT2D eigenvalue weighted by molar-refractivity contribution is 9.10. The van der Waals surface area contributed by atoms with E-state index in [1.807, 2.05) is 0 Å². The minimum Gasteiger partial charge on any atom is -0.0853 e. The average molecular weight is 279 g/mol. The lowest BCUT2D eigenvalue weighted by atomic mass is 9.58. The predicted molar refractivity (Wildman–Crippen MR) is 72.2 cm³/mol. The van der Waals surface area contributed by atoms with Crippen LogP contribution in [0.15, 0.2) is 24.3 Å². The number of fused-ring (bicyclic) bond motifs is 3. The summed E-state index contributed by atoms with van der Waals surface area (Å²) in [5.74, 6) is 0. The van der Waals surface area contributed by atoms with Crippen LogP contribution < -0.4 is 0 Å². The van der Waals surface area contributed by atoms with Crippen molar-refractivity contribution in [1.29, 1.82) is 0 Å². The molecule has 0 heterocycles. The van der Waals surface area contributed by atoms with Crippen molar-refractivity contribution in [2.24, 2.45) is 0 Å². The van der Waals surface area contributed by atoms with Crippen LogP contribution in [0.4, 0.5) is 0 Å². The first-order valence-corrected chi connectivity index (χ1v) is 7.17. The topological polar surface area (TPSA) is 0 Å². The van der Waals surface area contributed by atoms with Crippen LogP contribution in [0.2, 0.25) is 0 Å². The van der Waals surface area contributed by atoms with Crippen LogP contribution >= 0.6 is 15.9 Å². The summed E-state index contributed by atoms with van der Waals surface area (Å²) in [4.78, 5) is 0. The molecule has 0 aromatic heterocycles. The van der Waals surface area contributed by atoms with Crippen LogP contribution in [0.25, 0.3) is 0 Å². The first-order valence-electron chi connectivity index (χ1n) is 6.38. The highest BCUT2D eigenvalue weighted by atomic mass is 79.9. The molecule has 2 bridgehead atoms. The zero-order valence-electron chi connectivity index (χ0n) is 9.93. The molecule has 16 heavy (non-hydrogen) atoms. The van der Waals surface area contributed by atoms with E-state index in [1.54, 1.807) is 5.56 Å². The molecule has 3 fully saturated rings. The zero-order valence-corrected chi connectivity index (χ0v) is 11.5. The maximum absolute atomic E-state index is 3.94. The number of rotatable bonds is 1. The molecule has 0 N–H and O–H groups in total. The Hall–Kier alpha value is -0.300. The Morgan fingerprint density at radius 3 is 1.88 bits per heavy atom. The Balaban J connectivity index is 1.92. The fourth-order valence-electron chi connectivity index (χ4n) is 3.48. The maximum atomic E-state index is 3.94. The van der Waals surface area contributed by atoms with Gasteiger partial charge in [-0.2, -0.15) is 0 Å². The molecule has 0 saturated heterocycles. The largest absolute Gasteiger partial charge is 0.0853 e. The predicted octanol–water partition coefficient (Wildman–Crippen LogP) is 4.73. The molecule has 4 rings (SSSR count). The monoisotopic (exact) mass is 278 g/mol. The molecule has 0 aliphatic heterocycles. The van der Waals surface area contributed by atoms with E-state index < -0.39 is 0 Å². The van der Waals surface area contributed by atoms with Gasteiger partial charge < -0.3 is 0 Å². The number of hydrogen-bond acceptors (Lipinski definition) is 0. The summed E-state index contributed by atoms with van der Waals surface area (Å²) in [6.07, 6.45) is 8.21. The normalized spacial score (nSPS) is 37.6. The first kappa shape index (κ1) is 10.8. The van der Waals surface area contributed by atoms with Crippen molar-refractivity contribution in [2.75, 3.05) is 0 Å². The molecule has 0 spiro atoms. The molecule has 0 nitrogen and oxygen atoms in total. The van der Waals surface area contributed by atoms with E-state index in [-0.39, 0.29) is 0 Å².